The molecule has 4 heterocycles. The molecule has 1 aliphatic heterocycles. The molecule has 1 amide bonds. The highest BCUT2D eigenvalue weighted by Gasteiger charge is 2.33. The number of nitrogens with zero attached hydrogens (tertiary/aromatic N) is 5. The summed E-state index contributed by atoms with van der Waals surface area (Å²) in [6.45, 7) is 3.62. The second kappa shape index (κ2) is 10.0. The number of pyridine rings is 1. The van der Waals surface area contributed by atoms with Gasteiger partial charge in [-0.15, -0.1) is 0 Å². The van der Waals surface area contributed by atoms with Crippen molar-refractivity contribution >= 4 is 23.1 Å². The Morgan fingerprint density at radius 1 is 1.24 bits per heavy atom. The normalized spacial score (nSPS) is 15.3. The highest BCUT2D eigenvalue weighted by molar-refractivity contribution is 7.06. The number of aryl methyl sites for hydroxylation is 1. The SMILES string of the molecule is Cc1nsc(Cc2cncc(C(F)(F)F)n2)c1C(=O)Nc1ccc(OC2CCN(C)CC2)nc1. The smallest absolute Gasteiger partial charge is 0.434 e. The predicted molar refractivity (Wildman–Crippen MR) is 120 cm³/mol. The predicted octanol–water partition coefficient (Wildman–Crippen LogP) is 3.97. The molecule has 0 radical (unpaired) electrons. The van der Waals surface area contributed by atoms with Crippen LogP contribution in [0.15, 0.2) is 30.7 Å². The van der Waals surface area contributed by atoms with Crippen molar-refractivity contribution in [2.45, 2.75) is 38.5 Å². The number of carbonyl (C=O) groups is 1. The average Bonchev–Trinajstić information content (AvgIpc) is 3.16. The number of hydrogen-bond acceptors (Lipinski definition) is 8. The fraction of sp³-hybridized carbons (Fsp3) is 0.409. The molecule has 1 fully saturated rings. The molecule has 3 aromatic rings. The molecule has 0 aliphatic carbocycles. The molecule has 0 spiro atoms. The van der Waals surface area contributed by atoms with E-state index in [4.69, 9.17) is 4.74 Å². The fourth-order valence-electron chi connectivity index (χ4n) is 3.61. The zero-order chi connectivity index (χ0) is 24.3. The second-order valence-corrected chi connectivity index (χ2v) is 8.95. The van der Waals surface area contributed by atoms with Gasteiger partial charge in [0.15, 0.2) is 5.69 Å². The number of nitrogens with one attached hydrogen (secondary N) is 1. The fourth-order valence-corrected chi connectivity index (χ4v) is 4.49. The largest absolute Gasteiger partial charge is 0.474 e. The first-order valence-electron chi connectivity index (χ1n) is 10.6. The zero-order valence-corrected chi connectivity index (χ0v) is 19.4. The van der Waals surface area contributed by atoms with Crippen molar-refractivity contribution in [3.05, 3.63) is 58.2 Å². The summed E-state index contributed by atoms with van der Waals surface area (Å²) in [5.74, 6) is 0.0664. The first-order chi connectivity index (χ1) is 16.2. The van der Waals surface area contributed by atoms with Gasteiger partial charge >= 0.3 is 6.18 Å². The lowest BCUT2D eigenvalue weighted by atomic mass is 10.1. The van der Waals surface area contributed by atoms with Crippen LogP contribution in [0.1, 0.15) is 45.2 Å². The van der Waals surface area contributed by atoms with E-state index < -0.39 is 17.8 Å². The molecule has 0 atom stereocenters. The van der Waals surface area contributed by atoms with Crippen molar-refractivity contribution in [1.29, 1.82) is 0 Å². The first kappa shape index (κ1) is 24.0. The third-order valence-electron chi connectivity index (χ3n) is 5.42. The van der Waals surface area contributed by atoms with Crippen molar-refractivity contribution in [3.8, 4) is 5.88 Å². The number of piperidine rings is 1. The lowest BCUT2D eigenvalue weighted by Crippen LogP contribution is -2.35. The maximum Gasteiger partial charge on any atom is 0.434 e. The first-order valence-corrected chi connectivity index (χ1v) is 11.4. The van der Waals surface area contributed by atoms with Crippen LogP contribution in [0.3, 0.4) is 0 Å². The Labute approximate surface area is 198 Å². The van der Waals surface area contributed by atoms with Crippen molar-refractivity contribution in [1.82, 2.24) is 24.2 Å². The van der Waals surface area contributed by atoms with Gasteiger partial charge in [0.2, 0.25) is 5.88 Å². The number of aromatic nitrogens is 4. The number of alkyl halides is 3. The van der Waals surface area contributed by atoms with Gasteiger partial charge in [-0.25, -0.2) is 9.97 Å². The van der Waals surface area contributed by atoms with E-state index in [1.807, 2.05) is 0 Å². The highest BCUT2D eigenvalue weighted by atomic mass is 32.1. The van der Waals surface area contributed by atoms with Gasteiger partial charge in [-0.05, 0) is 44.4 Å². The molecule has 1 saturated heterocycles. The number of amides is 1. The number of ether oxygens (including phenoxy) is 1. The lowest BCUT2D eigenvalue weighted by Gasteiger charge is -2.28. The summed E-state index contributed by atoms with van der Waals surface area (Å²) in [6, 6.07) is 3.40. The summed E-state index contributed by atoms with van der Waals surface area (Å²) in [6.07, 6.45) is 0.817. The Hall–Kier alpha value is -3.12. The van der Waals surface area contributed by atoms with Gasteiger partial charge in [0.1, 0.15) is 6.10 Å². The van der Waals surface area contributed by atoms with Crippen LogP contribution in [0.4, 0.5) is 18.9 Å². The average molecular weight is 493 g/mol. The van der Waals surface area contributed by atoms with Crippen LogP contribution in [-0.4, -0.2) is 56.4 Å². The van der Waals surface area contributed by atoms with Crippen LogP contribution >= 0.6 is 11.5 Å². The van der Waals surface area contributed by atoms with Crippen LogP contribution in [-0.2, 0) is 12.6 Å². The summed E-state index contributed by atoms with van der Waals surface area (Å²) in [7, 11) is 2.08. The minimum absolute atomic E-state index is 0.00673. The van der Waals surface area contributed by atoms with Crippen LogP contribution in [0.5, 0.6) is 5.88 Å². The van der Waals surface area contributed by atoms with Crippen molar-refractivity contribution in [3.63, 3.8) is 0 Å². The third-order valence-corrected chi connectivity index (χ3v) is 6.36. The summed E-state index contributed by atoms with van der Waals surface area (Å²) >= 11 is 1.05. The molecule has 0 unspecified atom stereocenters. The standard InChI is InChI=1S/C22H23F3N6O2S/c1-13-20(17(34-30-13)9-15-10-26-12-18(28-15)22(23,24)25)21(32)29-14-3-4-19(27-11-14)33-16-5-7-31(2)8-6-16/h3-4,10-12,16H,5-9H2,1-2H3,(H,29,32). The van der Waals surface area contributed by atoms with E-state index >= 15 is 0 Å². The van der Waals surface area contributed by atoms with Crippen LogP contribution < -0.4 is 10.1 Å². The van der Waals surface area contributed by atoms with Gasteiger partial charge in [0.05, 0.1) is 35.0 Å². The van der Waals surface area contributed by atoms with E-state index in [0.717, 1.165) is 37.5 Å². The maximum atomic E-state index is 12.9. The number of carbonyl (C=O) groups excluding carboxylic acids is 1. The number of hydrogen-bond donors (Lipinski definition) is 1. The molecule has 1 aliphatic rings. The van der Waals surface area contributed by atoms with Crippen molar-refractivity contribution < 1.29 is 22.7 Å². The molecular weight excluding hydrogens is 469 g/mol. The van der Waals surface area contributed by atoms with Crippen molar-refractivity contribution in [2.24, 2.45) is 0 Å². The Morgan fingerprint density at radius 3 is 2.68 bits per heavy atom. The van der Waals surface area contributed by atoms with Gasteiger partial charge in [0, 0.05) is 36.7 Å². The van der Waals surface area contributed by atoms with E-state index in [0.29, 0.717) is 33.9 Å². The van der Waals surface area contributed by atoms with Gasteiger partial charge in [-0.1, -0.05) is 0 Å². The minimum Gasteiger partial charge on any atom is -0.474 e. The van der Waals surface area contributed by atoms with E-state index in [9.17, 15) is 18.0 Å². The Morgan fingerprint density at radius 2 is 2.00 bits per heavy atom. The molecule has 12 heteroatoms. The minimum atomic E-state index is -4.59. The molecule has 0 saturated carbocycles. The Kier molecular flexibility index (Phi) is 7.08. The molecule has 0 bridgehead atoms. The van der Waals surface area contributed by atoms with E-state index in [-0.39, 0.29) is 18.2 Å². The number of rotatable bonds is 6. The van der Waals surface area contributed by atoms with Gasteiger partial charge in [-0.2, -0.15) is 17.5 Å². The van der Waals surface area contributed by atoms with Crippen LogP contribution in [0, 0.1) is 6.92 Å². The van der Waals surface area contributed by atoms with E-state index in [1.54, 1.807) is 19.1 Å². The molecule has 3 aromatic heterocycles. The monoisotopic (exact) mass is 492 g/mol. The lowest BCUT2D eigenvalue weighted by molar-refractivity contribution is -0.141. The molecular formula is C22H23F3N6O2S. The topological polar surface area (TPSA) is 93.1 Å². The molecule has 1 N–H and O–H groups in total. The highest BCUT2D eigenvalue weighted by Crippen LogP contribution is 2.28. The summed E-state index contributed by atoms with van der Waals surface area (Å²) < 4.78 is 49.0. The number of anilines is 1. The molecule has 8 nitrogen and oxygen atoms in total. The quantitative estimate of drug-likeness (QED) is 0.557. The Bertz CT molecular complexity index is 1140. The van der Waals surface area contributed by atoms with Gasteiger partial charge < -0.3 is 15.0 Å². The Balaban J connectivity index is 1.42. The number of halogens is 3. The molecule has 34 heavy (non-hydrogen) atoms. The van der Waals surface area contributed by atoms with Crippen molar-refractivity contribution in [2.75, 3.05) is 25.5 Å². The third kappa shape index (κ3) is 5.86. The summed E-state index contributed by atoms with van der Waals surface area (Å²) in [4.78, 5) is 27.2. The molecule has 0 aromatic carbocycles. The molecule has 180 valence electrons. The summed E-state index contributed by atoms with van der Waals surface area (Å²) in [5, 5.41) is 2.77. The molecule has 4 rings (SSSR count). The van der Waals surface area contributed by atoms with Gasteiger partial charge in [0.25, 0.3) is 5.91 Å². The van der Waals surface area contributed by atoms with E-state index in [1.165, 1.54) is 12.4 Å². The summed E-state index contributed by atoms with van der Waals surface area (Å²) in [5.41, 5.74) is 0.273. The van der Waals surface area contributed by atoms with Crippen LogP contribution in [0.25, 0.3) is 0 Å². The second-order valence-electron chi connectivity index (χ2n) is 8.10. The van der Waals surface area contributed by atoms with Crippen LogP contribution in [0.2, 0.25) is 0 Å². The zero-order valence-electron chi connectivity index (χ0n) is 18.6. The van der Waals surface area contributed by atoms with E-state index in [2.05, 4.69) is 36.6 Å². The maximum absolute atomic E-state index is 12.9. The number of likely N-dealkylation sites (tertiary alicyclic amines) is 1. The van der Waals surface area contributed by atoms with Gasteiger partial charge in [-0.3, -0.25) is 9.78 Å².